The molecule has 0 aliphatic carbocycles. The molecule has 29 heavy (non-hydrogen) atoms. The number of anilines is 1. The Balaban J connectivity index is 1.89. The minimum atomic E-state index is -0.382. The van der Waals surface area contributed by atoms with E-state index in [0.717, 1.165) is 21.0 Å². The Hall–Kier alpha value is -2.15. The Bertz CT molecular complexity index is 1050. The van der Waals surface area contributed by atoms with Crippen LogP contribution in [0.15, 0.2) is 36.4 Å². The van der Waals surface area contributed by atoms with Gasteiger partial charge in [-0.05, 0) is 37.6 Å². The van der Waals surface area contributed by atoms with Crippen molar-refractivity contribution in [2.24, 2.45) is 0 Å². The van der Waals surface area contributed by atoms with Gasteiger partial charge in [0.2, 0.25) is 5.91 Å². The van der Waals surface area contributed by atoms with Gasteiger partial charge in [0.25, 0.3) is 0 Å². The van der Waals surface area contributed by atoms with Crippen LogP contribution in [0.2, 0.25) is 10.0 Å². The normalized spacial score (nSPS) is 10.9. The molecule has 0 unspecified atom stereocenters. The highest BCUT2D eigenvalue weighted by atomic mass is 35.5. The zero-order chi connectivity index (χ0) is 21.0. The number of halogens is 2. The van der Waals surface area contributed by atoms with Crippen molar-refractivity contribution in [2.45, 2.75) is 33.2 Å². The lowest BCUT2D eigenvalue weighted by Crippen LogP contribution is -2.31. The van der Waals surface area contributed by atoms with Crippen LogP contribution in [0.4, 0.5) is 5.69 Å². The fourth-order valence-electron chi connectivity index (χ4n) is 2.94. The van der Waals surface area contributed by atoms with Crippen molar-refractivity contribution in [3.05, 3.63) is 57.0 Å². The smallest absolute Gasteiger partial charge is 0.306 e. The molecule has 5 nitrogen and oxygen atoms in total. The number of thiazole rings is 1. The SMILES string of the molecule is CCOC(=O)CCC(=O)N(Cc1nc2c(Cl)c(Cl)ccc2s1)c1ccccc1C. The molecule has 0 aliphatic heterocycles. The Morgan fingerprint density at radius 1 is 1.14 bits per heavy atom. The van der Waals surface area contributed by atoms with Crippen molar-refractivity contribution in [3.8, 4) is 0 Å². The van der Waals surface area contributed by atoms with Crippen LogP contribution < -0.4 is 4.90 Å². The predicted octanol–water partition coefficient (Wildman–Crippen LogP) is 5.79. The van der Waals surface area contributed by atoms with E-state index in [1.54, 1.807) is 17.9 Å². The van der Waals surface area contributed by atoms with Crippen LogP contribution in [-0.4, -0.2) is 23.5 Å². The van der Waals surface area contributed by atoms with E-state index >= 15 is 0 Å². The maximum absolute atomic E-state index is 13.0. The summed E-state index contributed by atoms with van der Waals surface area (Å²) in [4.78, 5) is 30.9. The number of ether oxygens (including phenoxy) is 1. The second-order valence-corrected chi connectivity index (χ2v) is 8.29. The van der Waals surface area contributed by atoms with Crippen LogP contribution in [-0.2, 0) is 20.9 Å². The standard InChI is InChI=1S/C21H20Cl2N2O3S/c1-3-28-19(27)11-10-18(26)25(15-7-5-4-6-13(15)2)12-17-24-21-16(29-17)9-8-14(22)20(21)23/h4-9H,3,10-12H2,1-2H3. The third-order valence-corrected chi connectivity index (χ3v) is 6.14. The molecule has 2 aromatic carbocycles. The van der Waals surface area contributed by atoms with E-state index in [9.17, 15) is 9.59 Å². The fourth-order valence-corrected chi connectivity index (χ4v) is 4.32. The number of nitrogens with zero attached hydrogens (tertiary/aromatic N) is 2. The van der Waals surface area contributed by atoms with Gasteiger partial charge in [0, 0.05) is 12.1 Å². The van der Waals surface area contributed by atoms with Gasteiger partial charge < -0.3 is 9.64 Å². The molecule has 0 radical (unpaired) electrons. The molecule has 0 atom stereocenters. The lowest BCUT2D eigenvalue weighted by molar-refractivity contribution is -0.144. The first kappa shape index (κ1) is 21.6. The molecule has 0 bridgehead atoms. The number of carbonyl (C=O) groups excluding carboxylic acids is 2. The maximum Gasteiger partial charge on any atom is 0.306 e. The average Bonchev–Trinajstić information content (AvgIpc) is 3.12. The molecule has 8 heteroatoms. The van der Waals surface area contributed by atoms with Crippen molar-refractivity contribution in [2.75, 3.05) is 11.5 Å². The highest BCUT2D eigenvalue weighted by molar-refractivity contribution is 7.18. The van der Waals surface area contributed by atoms with E-state index in [1.807, 2.05) is 37.3 Å². The number of rotatable bonds is 7. The summed E-state index contributed by atoms with van der Waals surface area (Å²) in [6.07, 6.45) is 0.0982. The Morgan fingerprint density at radius 3 is 2.62 bits per heavy atom. The van der Waals surface area contributed by atoms with E-state index < -0.39 is 0 Å². The van der Waals surface area contributed by atoms with Gasteiger partial charge >= 0.3 is 5.97 Å². The van der Waals surface area contributed by atoms with E-state index in [2.05, 4.69) is 4.98 Å². The van der Waals surface area contributed by atoms with Crippen LogP contribution >= 0.6 is 34.5 Å². The van der Waals surface area contributed by atoms with Gasteiger partial charge in [-0.2, -0.15) is 0 Å². The summed E-state index contributed by atoms with van der Waals surface area (Å²) >= 11 is 13.8. The first-order valence-corrected chi connectivity index (χ1v) is 10.7. The van der Waals surface area contributed by atoms with E-state index in [-0.39, 0.29) is 31.3 Å². The molecule has 0 saturated heterocycles. The number of aryl methyl sites for hydroxylation is 1. The first-order chi connectivity index (χ1) is 13.9. The van der Waals surface area contributed by atoms with Gasteiger partial charge in [-0.25, -0.2) is 4.98 Å². The van der Waals surface area contributed by atoms with Gasteiger partial charge in [0.15, 0.2) is 0 Å². The molecule has 0 spiro atoms. The molecule has 3 rings (SSSR count). The van der Waals surface area contributed by atoms with Crippen LogP contribution in [0.25, 0.3) is 10.2 Å². The lowest BCUT2D eigenvalue weighted by Gasteiger charge is -2.23. The van der Waals surface area contributed by atoms with Crippen LogP contribution in [0.5, 0.6) is 0 Å². The van der Waals surface area contributed by atoms with Gasteiger partial charge in [-0.1, -0.05) is 41.4 Å². The number of benzene rings is 2. The van der Waals surface area contributed by atoms with Gasteiger partial charge in [-0.15, -0.1) is 11.3 Å². The van der Waals surface area contributed by atoms with Gasteiger partial charge in [0.1, 0.15) is 10.5 Å². The largest absolute Gasteiger partial charge is 0.466 e. The van der Waals surface area contributed by atoms with Crippen molar-refractivity contribution >= 4 is 62.3 Å². The number of carbonyl (C=O) groups is 2. The Morgan fingerprint density at radius 2 is 1.90 bits per heavy atom. The second kappa shape index (κ2) is 9.57. The molecule has 1 aromatic heterocycles. The molecule has 0 fully saturated rings. The van der Waals surface area contributed by atoms with Crippen molar-refractivity contribution < 1.29 is 14.3 Å². The topological polar surface area (TPSA) is 59.5 Å². The van der Waals surface area contributed by atoms with Crippen LogP contribution in [0, 0.1) is 6.92 Å². The highest BCUT2D eigenvalue weighted by Gasteiger charge is 2.21. The third-order valence-electron chi connectivity index (χ3n) is 4.35. The minimum absolute atomic E-state index is 0.0380. The van der Waals surface area contributed by atoms with Crippen LogP contribution in [0.1, 0.15) is 30.3 Å². The zero-order valence-corrected chi connectivity index (χ0v) is 18.4. The highest BCUT2D eigenvalue weighted by Crippen LogP contribution is 2.34. The Kier molecular flexibility index (Phi) is 7.11. The number of esters is 1. The molecule has 1 amide bonds. The molecule has 152 valence electrons. The van der Waals surface area contributed by atoms with Crippen molar-refractivity contribution in [3.63, 3.8) is 0 Å². The summed E-state index contributed by atoms with van der Waals surface area (Å²) in [6.45, 7) is 4.25. The van der Waals surface area contributed by atoms with Gasteiger partial charge in [-0.3, -0.25) is 9.59 Å². The van der Waals surface area contributed by atoms with E-state index in [4.69, 9.17) is 27.9 Å². The summed E-state index contributed by atoms with van der Waals surface area (Å²) in [5.74, 6) is -0.553. The maximum atomic E-state index is 13.0. The number of para-hydroxylation sites is 1. The molecule has 0 N–H and O–H groups in total. The van der Waals surface area contributed by atoms with E-state index in [0.29, 0.717) is 22.2 Å². The second-order valence-electron chi connectivity index (χ2n) is 6.39. The van der Waals surface area contributed by atoms with Crippen molar-refractivity contribution in [1.82, 2.24) is 4.98 Å². The lowest BCUT2D eigenvalue weighted by atomic mass is 10.1. The third kappa shape index (κ3) is 5.07. The number of aromatic nitrogens is 1. The van der Waals surface area contributed by atoms with E-state index in [1.165, 1.54) is 11.3 Å². The number of hydrogen-bond donors (Lipinski definition) is 0. The molecular formula is C21H20Cl2N2O3S. The minimum Gasteiger partial charge on any atom is -0.466 e. The number of amides is 1. The van der Waals surface area contributed by atoms with Crippen molar-refractivity contribution in [1.29, 1.82) is 0 Å². The van der Waals surface area contributed by atoms with Crippen LogP contribution in [0.3, 0.4) is 0 Å². The average molecular weight is 451 g/mol. The number of fused-ring (bicyclic) bond motifs is 1. The predicted molar refractivity (Wildman–Crippen MR) is 118 cm³/mol. The number of hydrogen-bond acceptors (Lipinski definition) is 5. The zero-order valence-electron chi connectivity index (χ0n) is 16.1. The molecule has 0 saturated carbocycles. The molecule has 3 aromatic rings. The summed E-state index contributed by atoms with van der Waals surface area (Å²) in [7, 11) is 0. The summed E-state index contributed by atoms with van der Waals surface area (Å²) in [5.41, 5.74) is 2.37. The molecule has 0 aliphatic rings. The molecular weight excluding hydrogens is 431 g/mol. The Labute approximate surface area is 183 Å². The van der Waals surface area contributed by atoms with Gasteiger partial charge in [0.05, 0.1) is 34.3 Å². The monoisotopic (exact) mass is 450 g/mol. The fraction of sp³-hybridized carbons (Fsp3) is 0.286. The summed E-state index contributed by atoms with van der Waals surface area (Å²) in [6, 6.07) is 11.2. The summed E-state index contributed by atoms with van der Waals surface area (Å²) in [5, 5.41) is 1.58. The quantitative estimate of drug-likeness (QED) is 0.427. The molecule has 1 heterocycles. The first-order valence-electron chi connectivity index (χ1n) is 9.15. The summed E-state index contributed by atoms with van der Waals surface area (Å²) < 4.78 is 5.84.